The third-order valence-corrected chi connectivity index (χ3v) is 4.75. The highest BCUT2D eigenvalue weighted by molar-refractivity contribution is 7.17. The molecule has 0 saturated carbocycles. The molecule has 0 fully saturated rings. The second kappa shape index (κ2) is 4.30. The highest BCUT2D eigenvalue weighted by atomic mass is 35.5. The molecule has 3 heteroatoms. The Morgan fingerprint density at radius 2 is 1.60 bits per heavy atom. The molecule has 0 atom stereocenters. The van der Waals surface area contributed by atoms with Crippen LogP contribution >= 0.6 is 22.9 Å². The zero-order valence-electron chi connectivity index (χ0n) is 10.4. The largest absolute Gasteiger partial charge is 0.277 e. The number of benzene rings is 3. The van der Waals surface area contributed by atoms with E-state index in [4.69, 9.17) is 11.6 Å². The van der Waals surface area contributed by atoms with Crippen molar-refractivity contribution in [1.82, 2.24) is 0 Å². The number of halogens is 1. The van der Waals surface area contributed by atoms with Crippen LogP contribution in [-0.4, -0.2) is 0 Å². The molecule has 1 heterocycles. The molecule has 1 nitrogen and oxygen atoms in total. The molecule has 0 radical (unpaired) electrons. The first kappa shape index (κ1) is 11.9. The number of hydrogen-bond donors (Lipinski definition) is 0. The van der Waals surface area contributed by atoms with Gasteiger partial charge in [0.05, 0.1) is 0 Å². The number of hydrogen-bond acceptors (Lipinski definition) is 2. The maximum absolute atomic E-state index is 12.3. The lowest BCUT2D eigenvalue weighted by Crippen LogP contribution is -1.95. The minimum absolute atomic E-state index is 0.107. The fourth-order valence-corrected chi connectivity index (χ4v) is 3.69. The van der Waals surface area contributed by atoms with E-state index in [1.807, 2.05) is 42.5 Å². The van der Waals surface area contributed by atoms with Crippen molar-refractivity contribution in [3.05, 3.63) is 69.2 Å². The van der Waals surface area contributed by atoms with Gasteiger partial charge in [-0.2, -0.15) is 0 Å². The Kier molecular flexibility index (Phi) is 2.56. The van der Waals surface area contributed by atoms with E-state index in [0.717, 1.165) is 31.6 Å². The van der Waals surface area contributed by atoms with Crippen LogP contribution in [0.2, 0.25) is 5.02 Å². The van der Waals surface area contributed by atoms with Crippen molar-refractivity contribution in [1.29, 1.82) is 0 Å². The van der Waals surface area contributed by atoms with Gasteiger partial charge in [-0.25, -0.2) is 0 Å². The minimum Gasteiger partial charge on any atom is -0.277 e. The molecular weight excluding hydrogens is 288 g/mol. The van der Waals surface area contributed by atoms with Crippen molar-refractivity contribution in [2.75, 3.05) is 0 Å². The van der Waals surface area contributed by atoms with Crippen LogP contribution in [0.25, 0.3) is 31.6 Å². The Morgan fingerprint density at radius 1 is 0.800 bits per heavy atom. The van der Waals surface area contributed by atoms with Crippen LogP contribution < -0.4 is 4.74 Å². The average Bonchev–Trinajstić information content (AvgIpc) is 2.46. The quantitative estimate of drug-likeness (QED) is 0.321. The predicted molar refractivity (Wildman–Crippen MR) is 88.1 cm³/mol. The summed E-state index contributed by atoms with van der Waals surface area (Å²) in [5.41, 5.74) is 0. The monoisotopic (exact) mass is 296 g/mol. The van der Waals surface area contributed by atoms with Crippen LogP contribution in [-0.2, 0) is 0 Å². The van der Waals surface area contributed by atoms with Gasteiger partial charge in [-0.15, -0.1) is 0 Å². The van der Waals surface area contributed by atoms with Gasteiger partial charge >= 0.3 is 0 Å². The summed E-state index contributed by atoms with van der Waals surface area (Å²) >= 11 is 7.36. The normalized spacial score (nSPS) is 11.4. The highest BCUT2D eigenvalue weighted by Crippen LogP contribution is 2.30. The first-order valence-corrected chi connectivity index (χ1v) is 7.47. The lowest BCUT2D eigenvalue weighted by Gasteiger charge is -2.05. The van der Waals surface area contributed by atoms with Crippen molar-refractivity contribution < 1.29 is 0 Å². The molecule has 4 rings (SSSR count). The summed E-state index contributed by atoms with van der Waals surface area (Å²) < 4.78 is 1.13. The second-order valence-electron chi connectivity index (χ2n) is 4.77. The second-order valence-corrected chi connectivity index (χ2v) is 6.23. The molecule has 20 heavy (non-hydrogen) atoms. The topological polar surface area (TPSA) is 17.1 Å². The third-order valence-electron chi connectivity index (χ3n) is 3.54. The molecule has 96 valence electrons. The summed E-state index contributed by atoms with van der Waals surface area (Å²) in [5, 5.41) is 5.71. The van der Waals surface area contributed by atoms with Crippen LogP contribution in [0.15, 0.2) is 59.4 Å². The Morgan fingerprint density at radius 3 is 2.50 bits per heavy atom. The Balaban J connectivity index is 2.30. The Hall–Kier alpha value is -1.90. The number of rotatable bonds is 0. The van der Waals surface area contributed by atoms with Gasteiger partial charge in [0.25, 0.3) is 0 Å². The van der Waals surface area contributed by atoms with Crippen molar-refractivity contribution in [3.63, 3.8) is 0 Å². The molecule has 0 N–H and O–H groups in total. The summed E-state index contributed by atoms with van der Waals surface area (Å²) in [7, 11) is 0. The van der Waals surface area contributed by atoms with Gasteiger partial charge in [0, 0.05) is 15.1 Å². The van der Waals surface area contributed by atoms with Crippen molar-refractivity contribution in [2.24, 2.45) is 0 Å². The zero-order valence-corrected chi connectivity index (χ0v) is 12.0. The average molecular weight is 297 g/mol. The molecule has 0 bridgehead atoms. The van der Waals surface area contributed by atoms with E-state index >= 15 is 0 Å². The first-order valence-electron chi connectivity index (χ1n) is 6.27. The van der Waals surface area contributed by atoms with Gasteiger partial charge in [0.1, 0.15) is 0 Å². The van der Waals surface area contributed by atoms with Crippen molar-refractivity contribution >= 4 is 54.6 Å². The highest BCUT2D eigenvalue weighted by Gasteiger charge is 2.07. The molecule has 0 spiro atoms. The molecular formula is C17H9ClOS. The first-order chi connectivity index (χ1) is 9.72. The summed E-state index contributed by atoms with van der Waals surface area (Å²) in [6.45, 7) is 0. The third kappa shape index (κ3) is 1.73. The molecule has 0 aliphatic carbocycles. The van der Waals surface area contributed by atoms with E-state index < -0.39 is 0 Å². The molecule has 0 aliphatic heterocycles. The van der Waals surface area contributed by atoms with Gasteiger partial charge < -0.3 is 0 Å². The van der Waals surface area contributed by atoms with E-state index in [0.29, 0.717) is 5.02 Å². The van der Waals surface area contributed by atoms with Gasteiger partial charge in [-0.05, 0) is 51.9 Å². The minimum atomic E-state index is 0.107. The smallest absolute Gasteiger partial charge is 0.240 e. The van der Waals surface area contributed by atoms with E-state index in [2.05, 4.69) is 12.1 Å². The fraction of sp³-hybridized carbons (Fsp3) is 0. The standard InChI is InChI=1S/C17H9ClOS/c18-12-6-5-10-8-15-14(9-11(10)7-12)13-3-1-2-4-16(13)20-17(15)19/h1-9H. The van der Waals surface area contributed by atoms with Gasteiger partial charge in [0.15, 0.2) is 0 Å². The SMILES string of the molecule is O=c1sc2ccccc2c2cc3cc(Cl)ccc3cc12. The summed E-state index contributed by atoms with van der Waals surface area (Å²) in [5.74, 6) is 0. The maximum Gasteiger partial charge on any atom is 0.240 e. The summed E-state index contributed by atoms with van der Waals surface area (Å²) in [6, 6.07) is 17.8. The van der Waals surface area contributed by atoms with Crippen LogP contribution in [0, 0.1) is 0 Å². The lowest BCUT2D eigenvalue weighted by molar-refractivity contribution is 1.78. The molecule has 1 aromatic heterocycles. The van der Waals surface area contributed by atoms with Crippen molar-refractivity contribution in [3.8, 4) is 0 Å². The van der Waals surface area contributed by atoms with Crippen LogP contribution in [0.1, 0.15) is 0 Å². The Bertz CT molecular complexity index is 1030. The van der Waals surface area contributed by atoms with E-state index in [1.54, 1.807) is 0 Å². The lowest BCUT2D eigenvalue weighted by atomic mass is 10.0. The molecule has 0 saturated heterocycles. The van der Waals surface area contributed by atoms with Gasteiger partial charge in [-0.1, -0.05) is 47.2 Å². The number of fused-ring (bicyclic) bond motifs is 4. The molecule has 0 unspecified atom stereocenters. The predicted octanol–water partition coefficient (Wildman–Crippen LogP) is 5.22. The Labute approximate surface area is 124 Å². The van der Waals surface area contributed by atoms with E-state index in [-0.39, 0.29) is 4.74 Å². The summed E-state index contributed by atoms with van der Waals surface area (Å²) in [4.78, 5) is 12.3. The van der Waals surface area contributed by atoms with Crippen LogP contribution in [0.4, 0.5) is 0 Å². The zero-order chi connectivity index (χ0) is 13.7. The maximum atomic E-state index is 12.3. The van der Waals surface area contributed by atoms with E-state index in [9.17, 15) is 4.79 Å². The van der Waals surface area contributed by atoms with Crippen LogP contribution in [0.3, 0.4) is 0 Å². The molecule has 4 aromatic rings. The van der Waals surface area contributed by atoms with Crippen molar-refractivity contribution in [2.45, 2.75) is 0 Å². The molecule has 0 aliphatic rings. The molecule has 3 aromatic carbocycles. The summed E-state index contributed by atoms with van der Waals surface area (Å²) in [6.07, 6.45) is 0. The van der Waals surface area contributed by atoms with E-state index in [1.165, 1.54) is 11.3 Å². The van der Waals surface area contributed by atoms with Gasteiger partial charge in [0.2, 0.25) is 4.74 Å². The fourth-order valence-electron chi connectivity index (χ4n) is 2.59. The molecule has 0 amide bonds. The van der Waals surface area contributed by atoms with Crippen LogP contribution in [0.5, 0.6) is 0 Å². The van der Waals surface area contributed by atoms with Gasteiger partial charge in [-0.3, -0.25) is 4.79 Å².